The Morgan fingerprint density at radius 3 is 2.35 bits per heavy atom. The molecule has 0 unspecified atom stereocenters. The van der Waals surface area contributed by atoms with E-state index in [0.29, 0.717) is 23.9 Å². The number of hydrogen-bond donors (Lipinski definition) is 1. The summed E-state index contributed by atoms with van der Waals surface area (Å²) in [5.41, 5.74) is 6.21. The number of likely N-dealkylation sites (N-methyl/N-ethyl adjacent to an activating group) is 1. The van der Waals surface area contributed by atoms with Gasteiger partial charge in [-0.1, -0.05) is 12.2 Å². The van der Waals surface area contributed by atoms with Gasteiger partial charge in [-0.15, -0.1) is 0 Å². The highest BCUT2D eigenvalue weighted by Gasteiger charge is 2.26. The summed E-state index contributed by atoms with van der Waals surface area (Å²) < 4.78 is 41.5. The molecule has 0 saturated heterocycles. The second-order valence-electron chi connectivity index (χ2n) is 4.41. The van der Waals surface area contributed by atoms with Crippen LogP contribution in [0.2, 0.25) is 0 Å². The normalized spacial score (nSPS) is 11.7. The molecule has 1 aromatic rings. The van der Waals surface area contributed by atoms with E-state index in [9.17, 15) is 13.2 Å². The first-order chi connectivity index (χ1) is 9.28. The fraction of sp³-hybridized carbons (Fsp3) is 0.462. The SMILES string of the molecule is CN(CCOc1ccc(C(N)=S)cc1)CCC(F)(F)F. The van der Waals surface area contributed by atoms with Gasteiger partial charge in [-0.25, -0.2) is 0 Å². The number of alkyl halides is 3. The average molecular weight is 306 g/mol. The summed E-state index contributed by atoms with van der Waals surface area (Å²) in [7, 11) is 1.63. The highest BCUT2D eigenvalue weighted by Crippen LogP contribution is 2.19. The van der Waals surface area contributed by atoms with Gasteiger partial charge in [-0.2, -0.15) is 13.2 Å². The van der Waals surface area contributed by atoms with Crippen molar-refractivity contribution in [3.05, 3.63) is 29.8 Å². The molecule has 0 aliphatic rings. The van der Waals surface area contributed by atoms with Crippen molar-refractivity contribution >= 4 is 17.2 Å². The lowest BCUT2D eigenvalue weighted by Gasteiger charge is -2.17. The Labute approximate surface area is 121 Å². The number of ether oxygens (including phenoxy) is 1. The van der Waals surface area contributed by atoms with Crippen molar-refractivity contribution in [2.45, 2.75) is 12.6 Å². The molecule has 1 rings (SSSR count). The fourth-order valence-electron chi connectivity index (χ4n) is 1.46. The van der Waals surface area contributed by atoms with E-state index in [1.807, 2.05) is 0 Å². The lowest BCUT2D eigenvalue weighted by Crippen LogP contribution is -2.28. The average Bonchev–Trinajstić information content (AvgIpc) is 2.36. The van der Waals surface area contributed by atoms with Crippen LogP contribution in [0.25, 0.3) is 0 Å². The Hall–Kier alpha value is -1.34. The minimum Gasteiger partial charge on any atom is -0.492 e. The molecular formula is C13H17F3N2OS. The highest BCUT2D eigenvalue weighted by atomic mass is 32.1. The van der Waals surface area contributed by atoms with Gasteiger partial charge in [-0.05, 0) is 31.3 Å². The molecule has 0 aromatic heterocycles. The second kappa shape index (κ2) is 7.44. The number of rotatable bonds is 7. The summed E-state index contributed by atoms with van der Waals surface area (Å²) >= 11 is 4.82. The van der Waals surface area contributed by atoms with Gasteiger partial charge in [-0.3, -0.25) is 0 Å². The van der Waals surface area contributed by atoms with Gasteiger partial charge in [0.25, 0.3) is 0 Å². The zero-order valence-electron chi connectivity index (χ0n) is 11.1. The summed E-state index contributed by atoms with van der Waals surface area (Å²) in [6.07, 6.45) is -4.93. The van der Waals surface area contributed by atoms with Crippen LogP contribution in [-0.2, 0) is 0 Å². The largest absolute Gasteiger partial charge is 0.492 e. The van der Waals surface area contributed by atoms with Crippen LogP contribution >= 0.6 is 12.2 Å². The maximum absolute atomic E-state index is 12.0. The number of nitrogens with zero attached hydrogens (tertiary/aromatic N) is 1. The van der Waals surface area contributed by atoms with Gasteiger partial charge < -0.3 is 15.4 Å². The standard InChI is InChI=1S/C13H17F3N2OS/c1-18(7-6-13(14,15)16)8-9-19-11-4-2-10(3-5-11)12(17)20/h2-5H,6-9H2,1H3,(H2,17,20). The number of hydrogen-bond acceptors (Lipinski definition) is 3. The van der Waals surface area contributed by atoms with Crippen molar-refractivity contribution in [3.63, 3.8) is 0 Å². The van der Waals surface area contributed by atoms with E-state index in [1.54, 1.807) is 36.2 Å². The van der Waals surface area contributed by atoms with Gasteiger partial charge >= 0.3 is 6.18 Å². The Balaban J connectivity index is 2.28. The van der Waals surface area contributed by atoms with Crippen LogP contribution in [0.15, 0.2) is 24.3 Å². The lowest BCUT2D eigenvalue weighted by atomic mass is 10.2. The number of halogens is 3. The van der Waals surface area contributed by atoms with Crippen molar-refractivity contribution in [1.82, 2.24) is 4.90 Å². The molecule has 0 heterocycles. The van der Waals surface area contributed by atoms with Crippen LogP contribution in [0.3, 0.4) is 0 Å². The van der Waals surface area contributed by atoms with Crippen molar-refractivity contribution in [1.29, 1.82) is 0 Å². The summed E-state index contributed by atoms with van der Waals surface area (Å²) in [4.78, 5) is 1.89. The van der Waals surface area contributed by atoms with E-state index < -0.39 is 12.6 Å². The Morgan fingerprint density at radius 1 is 1.25 bits per heavy atom. The van der Waals surface area contributed by atoms with Gasteiger partial charge in [0, 0.05) is 18.7 Å². The summed E-state index contributed by atoms with van der Waals surface area (Å²) in [5.74, 6) is 0.634. The van der Waals surface area contributed by atoms with Crippen LogP contribution in [-0.4, -0.2) is 42.8 Å². The van der Waals surface area contributed by atoms with E-state index in [4.69, 9.17) is 22.7 Å². The van der Waals surface area contributed by atoms with Crippen LogP contribution < -0.4 is 10.5 Å². The second-order valence-corrected chi connectivity index (χ2v) is 4.85. The lowest BCUT2D eigenvalue weighted by molar-refractivity contribution is -0.137. The molecular weight excluding hydrogens is 289 g/mol. The molecule has 1 aromatic carbocycles. The molecule has 2 N–H and O–H groups in total. The Morgan fingerprint density at radius 2 is 1.85 bits per heavy atom. The zero-order chi connectivity index (χ0) is 15.2. The minimum atomic E-state index is -4.12. The van der Waals surface area contributed by atoms with Crippen molar-refractivity contribution in [2.75, 3.05) is 26.7 Å². The fourth-order valence-corrected chi connectivity index (χ4v) is 1.60. The molecule has 0 bridgehead atoms. The van der Waals surface area contributed by atoms with Gasteiger partial charge in [0.2, 0.25) is 0 Å². The molecule has 7 heteroatoms. The number of thiocarbonyl (C=S) groups is 1. The molecule has 0 amide bonds. The van der Waals surface area contributed by atoms with Crippen LogP contribution in [0.1, 0.15) is 12.0 Å². The van der Waals surface area contributed by atoms with Crippen molar-refractivity contribution < 1.29 is 17.9 Å². The predicted octanol–water partition coefficient (Wildman–Crippen LogP) is 2.58. The van der Waals surface area contributed by atoms with E-state index in [1.165, 1.54) is 0 Å². The summed E-state index contributed by atoms with van der Waals surface area (Å²) in [6.45, 7) is 0.709. The topological polar surface area (TPSA) is 38.5 Å². The number of nitrogens with two attached hydrogens (primary N) is 1. The first-order valence-electron chi connectivity index (χ1n) is 6.06. The van der Waals surface area contributed by atoms with Gasteiger partial charge in [0.15, 0.2) is 0 Å². The molecule has 0 aliphatic carbocycles. The quantitative estimate of drug-likeness (QED) is 0.786. The third-order valence-corrected chi connectivity index (χ3v) is 2.89. The molecule has 0 radical (unpaired) electrons. The van der Waals surface area contributed by atoms with Crippen LogP contribution in [0.5, 0.6) is 5.75 Å². The molecule has 0 aliphatic heterocycles. The summed E-state index contributed by atoms with van der Waals surface area (Å²) in [5, 5.41) is 0. The first-order valence-corrected chi connectivity index (χ1v) is 6.47. The Kier molecular flexibility index (Phi) is 6.22. The first kappa shape index (κ1) is 16.7. The molecule has 112 valence electrons. The summed E-state index contributed by atoms with van der Waals surface area (Å²) in [6, 6.07) is 6.94. The van der Waals surface area contributed by atoms with Crippen LogP contribution in [0, 0.1) is 0 Å². The van der Waals surface area contributed by atoms with Gasteiger partial charge in [0.1, 0.15) is 17.3 Å². The minimum absolute atomic E-state index is 0.0345. The van der Waals surface area contributed by atoms with E-state index in [2.05, 4.69) is 0 Å². The molecule has 3 nitrogen and oxygen atoms in total. The third kappa shape index (κ3) is 6.72. The van der Waals surface area contributed by atoms with Crippen molar-refractivity contribution in [2.24, 2.45) is 5.73 Å². The third-order valence-electron chi connectivity index (χ3n) is 2.66. The predicted molar refractivity (Wildman–Crippen MR) is 76.0 cm³/mol. The van der Waals surface area contributed by atoms with E-state index in [0.717, 1.165) is 5.56 Å². The van der Waals surface area contributed by atoms with Gasteiger partial charge in [0.05, 0.1) is 6.42 Å². The molecule has 0 atom stereocenters. The van der Waals surface area contributed by atoms with E-state index in [-0.39, 0.29) is 6.54 Å². The molecule has 20 heavy (non-hydrogen) atoms. The smallest absolute Gasteiger partial charge is 0.390 e. The molecule has 0 spiro atoms. The Bertz CT molecular complexity index is 434. The van der Waals surface area contributed by atoms with Crippen molar-refractivity contribution in [3.8, 4) is 5.75 Å². The van der Waals surface area contributed by atoms with E-state index >= 15 is 0 Å². The van der Waals surface area contributed by atoms with Crippen LogP contribution in [0.4, 0.5) is 13.2 Å². The number of benzene rings is 1. The maximum Gasteiger partial charge on any atom is 0.390 e. The zero-order valence-corrected chi connectivity index (χ0v) is 11.9. The monoisotopic (exact) mass is 306 g/mol. The maximum atomic E-state index is 12.0. The molecule has 0 fully saturated rings. The molecule has 0 saturated carbocycles. The highest BCUT2D eigenvalue weighted by molar-refractivity contribution is 7.80.